The van der Waals surface area contributed by atoms with Crippen molar-refractivity contribution in [3.8, 4) is 0 Å². The van der Waals surface area contributed by atoms with Crippen LogP contribution in [-0.2, 0) is 0 Å². The first-order valence-electron chi connectivity index (χ1n) is 5.19. The molecule has 1 aliphatic heterocycles. The molecule has 1 saturated heterocycles. The van der Waals surface area contributed by atoms with E-state index in [0.717, 1.165) is 19.0 Å². The van der Waals surface area contributed by atoms with E-state index in [1.165, 1.54) is 12.8 Å². The highest BCUT2D eigenvalue weighted by Gasteiger charge is 2.18. The van der Waals surface area contributed by atoms with E-state index in [-0.39, 0.29) is 0 Å². The van der Waals surface area contributed by atoms with Gasteiger partial charge in [0.15, 0.2) is 0 Å². The fourth-order valence-corrected chi connectivity index (χ4v) is 1.79. The Kier molecular flexibility index (Phi) is 4.02. The Morgan fingerprint density at radius 1 is 1.17 bits per heavy atom. The third kappa shape index (κ3) is 3.11. The quantitative estimate of drug-likeness (QED) is 0.668. The zero-order valence-electron chi connectivity index (χ0n) is 8.56. The second kappa shape index (κ2) is 4.83. The molecule has 0 saturated carbocycles. The molecular formula is C10H22N2. The molecule has 0 radical (unpaired) electrons. The maximum absolute atomic E-state index is 3.59. The topological polar surface area (TPSA) is 24.1 Å². The highest BCUT2D eigenvalue weighted by molar-refractivity contribution is 4.82. The molecule has 0 amide bonds. The molecule has 2 N–H and O–H groups in total. The van der Waals surface area contributed by atoms with Gasteiger partial charge < -0.3 is 10.6 Å². The maximum atomic E-state index is 3.59. The van der Waals surface area contributed by atoms with Gasteiger partial charge in [-0.15, -0.1) is 0 Å². The molecule has 1 heterocycles. The van der Waals surface area contributed by atoms with E-state index in [2.05, 4.69) is 31.4 Å². The van der Waals surface area contributed by atoms with E-state index < -0.39 is 0 Å². The fourth-order valence-electron chi connectivity index (χ4n) is 1.79. The van der Waals surface area contributed by atoms with E-state index in [0.29, 0.717) is 12.1 Å². The molecule has 72 valence electrons. The van der Waals surface area contributed by atoms with Crippen LogP contribution in [0.4, 0.5) is 0 Å². The summed E-state index contributed by atoms with van der Waals surface area (Å²) in [5.74, 6) is 0.808. The molecule has 0 bridgehead atoms. The lowest BCUT2D eigenvalue weighted by Gasteiger charge is -2.31. The summed E-state index contributed by atoms with van der Waals surface area (Å²) in [4.78, 5) is 0. The zero-order chi connectivity index (χ0) is 8.97. The lowest BCUT2D eigenvalue weighted by molar-refractivity contribution is 0.307. The van der Waals surface area contributed by atoms with Crippen LogP contribution in [0.25, 0.3) is 0 Å². The van der Waals surface area contributed by atoms with Crippen molar-refractivity contribution in [1.82, 2.24) is 10.6 Å². The van der Waals surface area contributed by atoms with E-state index in [4.69, 9.17) is 0 Å². The largest absolute Gasteiger partial charge is 0.311 e. The normalized spacial score (nSPS) is 31.0. The molecule has 2 atom stereocenters. The number of nitrogens with one attached hydrogen (secondary N) is 2. The molecule has 0 aliphatic carbocycles. The molecule has 2 heteroatoms. The van der Waals surface area contributed by atoms with Crippen molar-refractivity contribution in [3.63, 3.8) is 0 Å². The summed E-state index contributed by atoms with van der Waals surface area (Å²) in [6.45, 7) is 9.11. The minimum absolute atomic E-state index is 0.702. The summed E-state index contributed by atoms with van der Waals surface area (Å²) in [7, 11) is 0. The van der Waals surface area contributed by atoms with E-state index in [1.54, 1.807) is 0 Å². The summed E-state index contributed by atoms with van der Waals surface area (Å²) in [6.07, 6.45) is 2.53. The van der Waals surface area contributed by atoms with Crippen LogP contribution in [-0.4, -0.2) is 25.2 Å². The lowest BCUT2D eigenvalue weighted by atomic mass is 10.0. The van der Waals surface area contributed by atoms with Gasteiger partial charge in [-0.25, -0.2) is 0 Å². The van der Waals surface area contributed by atoms with Gasteiger partial charge in [0, 0.05) is 25.2 Å². The van der Waals surface area contributed by atoms with Crippen LogP contribution >= 0.6 is 0 Å². The van der Waals surface area contributed by atoms with Crippen LogP contribution in [0.15, 0.2) is 0 Å². The van der Waals surface area contributed by atoms with E-state index in [1.807, 2.05) is 0 Å². The summed E-state index contributed by atoms with van der Waals surface area (Å²) >= 11 is 0. The van der Waals surface area contributed by atoms with Crippen LogP contribution in [0, 0.1) is 5.92 Å². The summed E-state index contributed by atoms with van der Waals surface area (Å²) in [5.41, 5.74) is 0. The maximum Gasteiger partial charge on any atom is 0.0195 e. The van der Waals surface area contributed by atoms with Crippen molar-refractivity contribution in [1.29, 1.82) is 0 Å². The summed E-state index contributed by atoms with van der Waals surface area (Å²) in [5, 5.41) is 7.15. The zero-order valence-corrected chi connectivity index (χ0v) is 8.56. The number of hydrogen-bond donors (Lipinski definition) is 2. The predicted octanol–water partition coefficient (Wildman–Crippen LogP) is 1.37. The lowest BCUT2D eigenvalue weighted by Crippen LogP contribution is -2.54. The molecule has 2 unspecified atom stereocenters. The second-order valence-corrected chi connectivity index (χ2v) is 4.25. The molecule has 12 heavy (non-hydrogen) atoms. The van der Waals surface area contributed by atoms with Crippen LogP contribution in [0.2, 0.25) is 0 Å². The van der Waals surface area contributed by atoms with Crippen LogP contribution in [0.1, 0.15) is 33.6 Å². The molecule has 1 rings (SSSR count). The van der Waals surface area contributed by atoms with Crippen LogP contribution in [0.5, 0.6) is 0 Å². The number of piperazine rings is 1. The van der Waals surface area contributed by atoms with Gasteiger partial charge >= 0.3 is 0 Å². The first-order valence-corrected chi connectivity index (χ1v) is 5.19. The van der Waals surface area contributed by atoms with Gasteiger partial charge in [0.1, 0.15) is 0 Å². The first kappa shape index (κ1) is 10.0. The molecular weight excluding hydrogens is 148 g/mol. The molecule has 0 aromatic carbocycles. The summed E-state index contributed by atoms with van der Waals surface area (Å²) < 4.78 is 0. The van der Waals surface area contributed by atoms with Crippen molar-refractivity contribution in [2.45, 2.75) is 45.7 Å². The SMILES string of the molecule is CCC1CNC(CC(C)C)CN1. The van der Waals surface area contributed by atoms with Crippen molar-refractivity contribution >= 4 is 0 Å². The van der Waals surface area contributed by atoms with Gasteiger partial charge in [-0.1, -0.05) is 20.8 Å². The van der Waals surface area contributed by atoms with E-state index >= 15 is 0 Å². The Morgan fingerprint density at radius 2 is 1.75 bits per heavy atom. The van der Waals surface area contributed by atoms with E-state index in [9.17, 15) is 0 Å². The van der Waals surface area contributed by atoms with Gasteiger partial charge in [-0.2, -0.15) is 0 Å². The van der Waals surface area contributed by atoms with Gasteiger partial charge in [0.05, 0.1) is 0 Å². The molecule has 1 aliphatic rings. The van der Waals surface area contributed by atoms with Crippen molar-refractivity contribution in [2.24, 2.45) is 5.92 Å². The number of rotatable bonds is 3. The average molecular weight is 170 g/mol. The van der Waals surface area contributed by atoms with Crippen molar-refractivity contribution in [3.05, 3.63) is 0 Å². The highest BCUT2D eigenvalue weighted by atomic mass is 15.1. The highest BCUT2D eigenvalue weighted by Crippen LogP contribution is 2.07. The molecule has 2 nitrogen and oxygen atoms in total. The number of hydrogen-bond acceptors (Lipinski definition) is 2. The third-order valence-electron chi connectivity index (χ3n) is 2.55. The summed E-state index contributed by atoms with van der Waals surface area (Å²) in [6, 6.07) is 1.40. The molecule has 0 aromatic rings. The van der Waals surface area contributed by atoms with Gasteiger partial charge in [0.2, 0.25) is 0 Å². The molecule has 0 spiro atoms. The fraction of sp³-hybridized carbons (Fsp3) is 1.00. The molecule has 1 fully saturated rings. The smallest absolute Gasteiger partial charge is 0.0195 e. The van der Waals surface area contributed by atoms with Gasteiger partial charge in [-0.3, -0.25) is 0 Å². The predicted molar refractivity (Wildman–Crippen MR) is 53.3 cm³/mol. The minimum Gasteiger partial charge on any atom is -0.311 e. The molecule has 0 aromatic heterocycles. The van der Waals surface area contributed by atoms with Crippen molar-refractivity contribution < 1.29 is 0 Å². The Labute approximate surface area is 76.1 Å². The standard InChI is InChI=1S/C10H22N2/c1-4-9-6-12-10(7-11-9)5-8(2)3/h8-12H,4-7H2,1-3H3. The van der Waals surface area contributed by atoms with Gasteiger partial charge in [0.25, 0.3) is 0 Å². The second-order valence-electron chi connectivity index (χ2n) is 4.25. The Hall–Kier alpha value is -0.0800. The third-order valence-corrected chi connectivity index (χ3v) is 2.55. The van der Waals surface area contributed by atoms with Crippen LogP contribution < -0.4 is 10.6 Å². The Bertz CT molecular complexity index is 115. The average Bonchev–Trinajstić information content (AvgIpc) is 2.05. The monoisotopic (exact) mass is 170 g/mol. The Morgan fingerprint density at radius 3 is 2.17 bits per heavy atom. The van der Waals surface area contributed by atoms with Gasteiger partial charge in [-0.05, 0) is 18.8 Å². The Balaban J connectivity index is 2.17. The minimum atomic E-state index is 0.702. The van der Waals surface area contributed by atoms with Crippen LogP contribution in [0.3, 0.4) is 0 Å². The first-order chi connectivity index (χ1) is 5.72. The van der Waals surface area contributed by atoms with Crippen molar-refractivity contribution in [2.75, 3.05) is 13.1 Å².